The van der Waals surface area contributed by atoms with Gasteiger partial charge in [-0.3, -0.25) is 0 Å². The molecule has 0 saturated carbocycles. The molecule has 4 rings (SSSR count). The van der Waals surface area contributed by atoms with Gasteiger partial charge in [0.15, 0.2) is 5.60 Å². The number of aromatic nitrogens is 2. The number of nitrogens with zero attached hydrogens (tertiary/aromatic N) is 1. The summed E-state index contributed by atoms with van der Waals surface area (Å²) in [5, 5.41) is 11.4. The number of esters is 1. The summed E-state index contributed by atoms with van der Waals surface area (Å²) in [6.45, 7) is 3.69. The number of carbonyl (C=O) groups excluding carboxylic acids is 1. The number of nitrogens with one attached hydrogen (secondary N) is 1. The van der Waals surface area contributed by atoms with Crippen molar-refractivity contribution in [3.05, 3.63) is 57.9 Å². The number of aliphatic hydroxyl groups is 1. The number of H-pyrrole nitrogens is 1. The molecule has 0 saturated heterocycles. The minimum atomic E-state index is -4.92. The lowest BCUT2D eigenvalue weighted by Crippen LogP contribution is -2.51. The first-order valence-electron chi connectivity index (χ1n) is 10.6. The van der Waals surface area contributed by atoms with E-state index in [1.54, 1.807) is 26.0 Å². The second-order valence-electron chi connectivity index (χ2n) is 9.22. The van der Waals surface area contributed by atoms with Crippen LogP contribution in [0.25, 0.3) is 11.0 Å². The second kappa shape index (κ2) is 8.46. The molecule has 3 aromatic rings. The van der Waals surface area contributed by atoms with E-state index in [4.69, 9.17) is 16.3 Å². The molecule has 0 radical (unpaired) electrons. The van der Waals surface area contributed by atoms with Crippen LogP contribution in [0.3, 0.4) is 0 Å². The number of pyridine rings is 1. The molecular formula is C24H24ClF3N2O4. The molecule has 2 aromatic heterocycles. The summed E-state index contributed by atoms with van der Waals surface area (Å²) in [5.41, 5.74) is -1.92. The SMILES string of the molecule is COC(=O)c1ccc2[nH]c(CC(O)(CC(C)(C)c3cc(Cl)cc4c3OCC4)C(F)(F)F)cc2n1. The highest BCUT2D eigenvalue weighted by Crippen LogP contribution is 2.47. The first kappa shape index (κ1) is 24.3. The van der Waals surface area contributed by atoms with Crippen molar-refractivity contribution >= 4 is 28.6 Å². The van der Waals surface area contributed by atoms with Crippen LogP contribution in [-0.4, -0.2) is 46.5 Å². The normalized spacial score (nSPS) is 15.6. The summed E-state index contributed by atoms with van der Waals surface area (Å²) >= 11 is 6.23. The van der Waals surface area contributed by atoms with Crippen LogP contribution < -0.4 is 4.74 Å². The molecule has 0 spiro atoms. The summed E-state index contributed by atoms with van der Waals surface area (Å²) in [6.07, 6.45) is -5.66. The van der Waals surface area contributed by atoms with Crippen molar-refractivity contribution in [3.63, 3.8) is 0 Å². The number of alkyl halides is 3. The van der Waals surface area contributed by atoms with Gasteiger partial charge in [0.1, 0.15) is 11.4 Å². The quantitative estimate of drug-likeness (QED) is 0.461. The minimum absolute atomic E-state index is 0.0302. The van der Waals surface area contributed by atoms with E-state index < -0.39 is 36.0 Å². The van der Waals surface area contributed by atoms with Gasteiger partial charge in [0.25, 0.3) is 0 Å². The van der Waals surface area contributed by atoms with Crippen molar-refractivity contribution in [1.29, 1.82) is 0 Å². The van der Waals surface area contributed by atoms with Crippen molar-refractivity contribution in [2.75, 3.05) is 13.7 Å². The molecule has 1 unspecified atom stereocenters. The molecule has 10 heteroatoms. The molecule has 1 aliphatic rings. The van der Waals surface area contributed by atoms with Crippen LogP contribution in [0.2, 0.25) is 5.02 Å². The van der Waals surface area contributed by atoms with E-state index in [2.05, 4.69) is 14.7 Å². The van der Waals surface area contributed by atoms with E-state index >= 15 is 0 Å². The number of benzene rings is 1. The highest BCUT2D eigenvalue weighted by Gasteiger charge is 2.56. The molecule has 6 nitrogen and oxygen atoms in total. The second-order valence-corrected chi connectivity index (χ2v) is 9.66. The van der Waals surface area contributed by atoms with Crippen LogP contribution in [0.15, 0.2) is 30.3 Å². The van der Waals surface area contributed by atoms with Gasteiger partial charge in [0, 0.05) is 29.1 Å². The molecular weight excluding hydrogens is 473 g/mol. The first-order chi connectivity index (χ1) is 15.8. The number of carbonyl (C=O) groups is 1. The molecule has 2 N–H and O–H groups in total. The van der Waals surface area contributed by atoms with Gasteiger partial charge in [0.2, 0.25) is 0 Å². The van der Waals surface area contributed by atoms with Crippen LogP contribution >= 0.6 is 11.6 Å². The highest BCUT2D eigenvalue weighted by atomic mass is 35.5. The zero-order valence-electron chi connectivity index (χ0n) is 18.8. The number of aromatic amines is 1. The zero-order chi connectivity index (χ0) is 24.9. The summed E-state index contributed by atoms with van der Waals surface area (Å²) in [6, 6.07) is 7.68. The van der Waals surface area contributed by atoms with Crippen molar-refractivity contribution in [2.24, 2.45) is 0 Å². The summed E-state index contributed by atoms with van der Waals surface area (Å²) in [4.78, 5) is 18.7. The van der Waals surface area contributed by atoms with E-state index in [0.717, 1.165) is 5.56 Å². The zero-order valence-corrected chi connectivity index (χ0v) is 19.6. The molecule has 3 heterocycles. The van der Waals surface area contributed by atoms with Gasteiger partial charge in [-0.15, -0.1) is 0 Å². The first-order valence-corrected chi connectivity index (χ1v) is 11.0. The average Bonchev–Trinajstić information content (AvgIpc) is 3.36. The minimum Gasteiger partial charge on any atom is -0.493 e. The highest BCUT2D eigenvalue weighted by molar-refractivity contribution is 6.30. The molecule has 0 amide bonds. The smallest absolute Gasteiger partial charge is 0.417 e. The molecule has 1 atom stereocenters. The van der Waals surface area contributed by atoms with E-state index in [0.29, 0.717) is 40.4 Å². The third-order valence-electron chi connectivity index (χ3n) is 6.15. The standard InChI is InChI=1S/C24H24ClF3N2O4/c1-22(2,16-9-14(25)8-13-6-7-34-20(13)16)12-23(32,24(26,27)28)11-15-10-19-17(29-15)4-5-18(30-19)21(31)33-3/h4-5,8-10,29,32H,6-7,11-12H2,1-3H3. The topological polar surface area (TPSA) is 84.4 Å². The molecule has 0 fully saturated rings. The Bertz CT molecular complexity index is 1250. The number of hydrogen-bond acceptors (Lipinski definition) is 5. The Morgan fingerprint density at radius 3 is 2.68 bits per heavy atom. The summed E-state index contributed by atoms with van der Waals surface area (Å²) < 4.78 is 53.1. The maximum atomic E-state index is 14.3. The van der Waals surface area contributed by atoms with Crippen LogP contribution in [0, 0.1) is 0 Å². The third-order valence-corrected chi connectivity index (χ3v) is 6.37. The number of halogens is 4. The van der Waals surface area contributed by atoms with Gasteiger partial charge in [0.05, 0.1) is 24.8 Å². The van der Waals surface area contributed by atoms with Crippen molar-refractivity contribution in [3.8, 4) is 5.75 Å². The fourth-order valence-electron chi connectivity index (χ4n) is 4.55. The van der Waals surface area contributed by atoms with Gasteiger partial charge < -0.3 is 19.6 Å². The lowest BCUT2D eigenvalue weighted by atomic mass is 9.73. The van der Waals surface area contributed by atoms with E-state index in [9.17, 15) is 23.1 Å². The molecule has 1 aliphatic heterocycles. The number of fused-ring (bicyclic) bond motifs is 2. The van der Waals surface area contributed by atoms with Gasteiger partial charge >= 0.3 is 12.1 Å². The Labute approximate surface area is 199 Å². The van der Waals surface area contributed by atoms with Crippen molar-refractivity contribution in [1.82, 2.24) is 9.97 Å². The number of rotatable bonds is 6. The van der Waals surface area contributed by atoms with E-state index in [1.165, 1.54) is 25.3 Å². The van der Waals surface area contributed by atoms with E-state index in [-0.39, 0.29) is 11.4 Å². The van der Waals surface area contributed by atoms with Crippen molar-refractivity contribution < 1.29 is 32.5 Å². The Balaban J connectivity index is 1.69. The summed E-state index contributed by atoms with van der Waals surface area (Å²) in [7, 11) is 1.21. The molecule has 182 valence electrons. The van der Waals surface area contributed by atoms with Gasteiger partial charge in [-0.05, 0) is 47.7 Å². The maximum absolute atomic E-state index is 14.3. The largest absolute Gasteiger partial charge is 0.493 e. The fraction of sp³-hybridized carbons (Fsp3) is 0.417. The lowest BCUT2D eigenvalue weighted by Gasteiger charge is -2.38. The molecule has 1 aromatic carbocycles. The van der Waals surface area contributed by atoms with Crippen molar-refractivity contribution in [2.45, 2.75) is 50.3 Å². The van der Waals surface area contributed by atoms with Crippen LogP contribution in [0.4, 0.5) is 13.2 Å². The molecule has 0 bridgehead atoms. The molecule has 34 heavy (non-hydrogen) atoms. The number of hydrogen-bond donors (Lipinski definition) is 2. The van der Waals surface area contributed by atoms with Gasteiger partial charge in [-0.25, -0.2) is 9.78 Å². The molecule has 0 aliphatic carbocycles. The Morgan fingerprint density at radius 1 is 1.26 bits per heavy atom. The Hall–Kier alpha value is -2.78. The monoisotopic (exact) mass is 496 g/mol. The average molecular weight is 497 g/mol. The van der Waals surface area contributed by atoms with E-state index in [1.807, 2.05) is 0 Å². The van der Waals surface area contributed by atoms with Gasteiger partial charge in [-0.1, -0.05) is 25.4 Å². The number of ether oxygens (including phenoxy) is 2. The predicted octanol–water partition coefficient (Wildman–Crippen LogP) is 5.14. The van der Waals surface area contributed by atoms with Gasteiger partial charge in [-0.2, -0.15) is 13.2 Å². The fourth-order valence-corrected chi connectivity index (χ4v) is 4.80. The van der Waals surface area contributed by atoms with Crippen LogP contribution in [0.1, 0.15) is 47.6 Å². The predicted molar refractivity (Wildman–Crippen MR) is 120 cm³/mol. The summed E-state index contributed by atoms with van der Waals surface area (Å²) in [5.74, 6) is -0.126. The lowest BCUT2D eigenvalue weighted by molar-refractivity contribution is -0.266. The maximum Gasteiger partial charge on any atom is 0.417 e. The Morgan fingerprint density at radius 2 is 2.00 bits per heavy atom. The van der Waals surface area contributed by atoms with Crippen LogP contribution in [0.5, 0.6) is 5.75 Å². The third kappa shape index (κ3) is 4.46. The van der Waals surface area contributed by atoms with Crippen LogP contribution in [-0.2, 0) is 23.0 Å². The Kier molecular flexibility index (Phi) is 6.06. The number of methoxy groups -OCH3 is 1.